The lowest BCUT2D eigenvalue weighted by molar-refractivity contribution is -0.870. The Balaban J connectivity index is 4.01. The molecular formula is C62H122N2O6P+. The Morgan fingerprint density at radius 1 is 0.479 bits per heavy atom. The van der Waals surface area contributed by atoms with Gasteiger partial charge in [-0.3, -0.25) is 13.8 Å². The number of hydrogen-bond donors (Lipinski definition) is 3. The molecule has 0 rings (SSSR count). The zero-order valence-electron chi connectivity index (χ0n) is 48.0. The first-order valence-electron chi connectivity index (χ1n) is 30.9. The minimum Gasteiger partial charge on any atom is -0.391 e. The predicted octanol–water partition coefficient (Wildman–Crippen LogP) is 18.9. The van der Waals surface area contributed by atoms with E-state index in [0.29, 0.717) is 23.9 Å². The average Bonchev–Trinajstić information content (AvgIpc) is 3.33. The minimum absolute atomic E-state index is 0.0763. The summed E-state index contributed by atoms with van der Waals surface area (Å²) in [7, 11) is 1.63. The fourth-order valence-corrected chi connectivity index (χ4v) is 10.0. The molecule has 3 unspecified atom stereocenters. The molecule has 0 aliphatic rings. The molecule has 3 N–H and O–H groups in total. The summed E-state index contributed by atoms with van der Waals surface area (Å²) < 4.78 is 23.8. The van der Waals surface area contributed by atoms with Gasteiger partial charge in [-0.05, 0) is 51.4 Å². The van der Waals surface area contributed by atoms with E-state index in [1.165, 1.54) is 225 Å². The summed E-state index contributed by atoms with van der Waals surface area (Å²) in [5, 5.41) is 14.1. The largest absolute Gasteiger partial charge is 0.472 e. The number of nitrogens with one attached hydrogen (secondary N) is 1. The molecule has 9 heteroatoms. The Kier molecular flexibility index (Phi) is 52.6. The van der Waals surface area contributed by atoms with E-state index in [2.05, 4.69) is 55.6 Å². The van der Waals surface area contributed by atoms with Crippen LogP contribution >= 0.6 is 7.82 Å². The van der Waals surface area contributed by atoms with Crippen LogP contribution in [0.4, 0.5) is 0 Å². The zero-order chi connectivity index (χ0) is 52.0. The maximum Gasteiger partial charge on any atom is 0.472 e. The van der Waals surface area contributed by atoms with Crippen LogP contribution in [-0.2, 0) is 18.4 Å². The maximum atomic E-state index is 13.0. The molecule has 0 spiro atoms. The number of rotatable bonds is 57. The van der Waals surface area contributed by atoms with E-state index < -0.39 is 20.0 Å². The standard InChI is InChI=1S/C62H121N2O6P/c1-6-8-10-12-14-16-18-20-22-24-25-26-27-28-29-30-31-32-33-34-35-36-37-38-39-40-42-44-46-48-50-52-54-56-62(66)63-60(59-70-71(67,68)69-58-57-64(3,4)5)61(65)55-53-51-49-47-45-43-41-23-21-19-17-15-13-11-9-7-2/h18,20,24-25,27-28,60-61,65H,6-17,19,21-23,26,29-59H2,1-5H3,(H-,63,66,67,68)/p+1/b20-18-,25-24-,28-27-. The fourth-order valence-electron chi connectivity index (χ4n) is 9.29. The van der Waals surface area contributed by atoms with Crippen LogP contribution in [-0.4, -0.2) is 73.4 Å². The van der Waals surface area contributed by atoms with Crippen LogP contribution in [0.1, 0.15) is 303 Å². The molecule has 3 atom stereocenters. The molecular weight excluding hydrogens is 900 g/mol. The van der Waals surface area contributed by atoms with E-state index in [-0.39, 0.29) is 19.1 Å². The molecule has 0 saturated carbocycles. The molecule has 0 radical (unpaired) electrons. The van der Waals surface area contributed by atoms with Crippen molar-refractivity contribution in [3.05, 3.63) is 36.5 Å². The second-order valence-corrected chi connectivity index (χ2v) is 23.9. The molecule has 0 bridgehead atoms. The van der Waals surface area contributed by atoms with Gasteiger partial charge in [0.25, 0.3) is 0 Å². The highest BCUT2D eigenvalue weighted by Crippen LogP contribution is 2.43. The highest BCUT2D eigenvalue weighted by Gasteiger charge is 2.28. The van der Waals surface area contributed by atoms with E-state index in [1.807, 2.05) is 21.1 Å². The van der Waals surface area contributed by atoms with Gasteiger partial charge in [0.1, 0.15) is 13.2 Å². The lowest BCUT2D eigenvalue weighted by Crippen LogP contribution is -2.46. The Labute approximate surface area is 442 Å². The van der Waals surface area contributed by atoms with Crippen LogP contribution in [0.3, 0.4) is 0 Å². The van der Waals surface area contributed by atoms with Crippen molar-refractivity contribution in [2.75, 3.05) is 40.9 Å². The quantitative estimate of drug-likeness (QED) is 0.0243. The molecule has 0 aromatic carbocycles. The van der Waals surface area contributed by atoms with Gasteiger partial charge < -0.3 is 19.8 Å². The number of aliphatic hydroxyl groups excluding tert-OH is 1. The number of quaternary nitrogens is 1. The molecule has 0 saturated heterocycles. The number of carbonyl (C=O) groups excluding carboxylic acids is 1. The number of unbranched alkanes of at least 4 members (excludes halogenated alkanes) is 38. The Hall–Kier alpha value is -1.28. The van der Waals surface area contributed by atoms with Gasteiger partial charge in [-0.15, -0.1) is 0 Å². The third-order valence-electron chi connectivity index (χ3n) is 14.1. The number of hydrogen-bond acceptors (Lipinski definition) is 5. The SMILES string of the molecule is CCCCCCC/C=C\C/C=C\C/C=C\CCCCCCCCCCCCCCCCCCCCC(=O)NC(COP(=O)(O)OCC[N+](C)(C)C)C(O)CCCCCCCCCCCCCCCCCC. The number of aliphatic hydroxyl groups is 1. The van der Waals surface area contributed by atoms with E-state index in [0.717, 1.165) is 51.4 Å². The summed E-state index contributed by atoms with van der Waals surface area (Å²) in [6.45, 7) is 4.91. The van der Waals surface area contributed by atoms with Crippen molar-refractivity contribution in [1.29, 1.82) is 0 Å². The average molecular weight is 1020 g/mol. The van der Waals surface area contributed by atoms with E-state index in [9.17, 15) is 19.4 Å². The molecule has 0 aliphatic heterocycles. The number of amides is 1. The molecule has 0 fully saturated rings. The summed E-state index contributed by atoms with van der Waals surface area (Å²) in [5.41, 5.74) is 0. The molecule has 8 nitrogen and oxygen atoms in total. The number of phosphoric acid groups is 1. The molecule has 0 aliphatic carbocycles. The van der Waals surface area contributed by atoms with Crippen molar-refractivity contribution in [2.24, 2.45) is 0 Å². The summed E-state index contributed by atoms with van der Waals surface area (Å²) in [6.07, 6.45) is 69.3. The summed E-state index contributed by atoms with van der Waals surface area (Å²) in [5.74, 6) is -0.140. The number of carbonyl (C=O) groups is 1. The second kappa shape index (κ2) is 53.5. The predicted molar refractivity (Wildman–Crippen MR) is 309 cm³/mol. The molecule has 71 heavy (non-hydrogen) atoms. The number of likely N-dealkylation sites (N-methyl/N-ethyl adjacent to an activating group) is 1. The summed E-state index contributed by atoms with van der Waals surface area (Å²) in [4.78, 5) is 23.3. The topological polar surface area (TPSA) is 105 Å². The van der Waals surface area contributed by atoms with Crippen LogP contribution in [0.15, 0.2) is 36.5 Å². The molecule has 420 valence electrons. The fraction of sp³-hybridized carbons (Fsp3) is 0.887. The smallest absolute Gasteiger partial charge is 0.391 e. The second-order valence-electron chi connectivity index (χ2n) is 22.4. The van der Waals surface area contributed by atoms with Gasteiger partial charge in [-0.1, -0.05) is 281 Å². The van der Waals surface area contributed by atoms with Crippen LogP contribution in [0.5, 0.6) is 0 Å². The Morgan fingerprint density at radius 3 is 1.17 bits per heavy atom. The van der Waals surface area contributed by atoms with Gasteiger partial charge in [0.2, 0.25) is 5.91 Å². The molecule has 0 aromatic rings. The first-order chi connectivity index (χ1) is 34.5. The number of nitrogens with zero attached hydrogens (tertiary/aromatic N) is 1. The van der Waals surface area contributed by atoms with Crippen molar-refractivity contribution >= 4 is 13.7 Å². The van der Waals surface area contributed by atoms with Crippen LogP contribution < -0.4 is 5.32 Å². The normalized spacial score (nSPS) is 14.1. The third kappa shape index (κ3) is 56.3. The van der Waals surface area contributed by atoms with Crippen LogP contribution in [0.2, 0.25) is 0 Å². The Bertz CT molecular complexity index is 1250. The van der Waals surface area contributed by atoms with Crippen LogP contribution in [0, 0.1) is 0 Å². The van der Waals surface area contributed by atoms with Gasteiger partial charge in [0, 0.05) is 6.42 Å². The van der Waals surface area contributed by atoms with Crippen molar-refractivity contribution in [3.63, 3.8) is 0 Å². The highest BCUT2D eigenvalue weighted by molar-refractivity contribution is 7.47. The molecule has 1 amide bonds. The van der Waals surface area contributed by atoms with Gasteiger partial charge in [0.15, 0.2) is 0 Å². The first kappa shape index (κ1) is 69.7. The van der Waals surface area contributed by atoms with E-state index in [4.69, 9.17) is 9.05 Å². The lowest BCUT2D eigenvalue weighted by atomic mass is 10.0. The summed E-state index contributed by atoms with van der Waals surface area (Å²) >= 11 is 0. The van der Waals surface area contributed by atoms with Crippen molar-refractivity contribution in [2.45, 2.75) is 315 Å². The van der Waals surface area contributed by atoms with Gasteiger partial charge in [-0.25, -0.2) is 4.57 Å². The lowest BCUT2D eigenvalue weighted by Gasteiger charge is -2.26. The van der Waals surface area contributed by atoms with Crippen LogP contribution in [0.25, 0.3) is 0 Å². The third-order valence-corrected chi connectivity index (χ3v) is 15.1. The number of allylic oxidation sites excluding steroid dienone is 6. The monoisotopic (exact) mass is 1020 g/mol. The minimum atomic E-state index is -4.32. The van der Waals surface area contributed by atoms with Gasteiger partial charge >= 0.3 is 7.82 Å². The Morgan fingerprint density at radius 2 is 0.803 bits per heavy atom. The molecule has 0 aromatic heterocycles. The van der Waals surface area contributed by atoms with Gasteiger partial charge in [0.05, 0.1) is 39.9 Å². The highest BCUT2D eigenvalue weighted by atomic mass is 31.2. The van der Waals surface area contributed by atoms with Crippen molar-refractivity contribution in [1.82, 2.24) is 5.32 Å². The van der Waals surface area contributed by atoms with Gasteiger partial charge in [-0.2, -0.15) is 0 Å². The zero-order valence-corrected chi connectivity index (χ0v) is 48.9. The summed E-state index contributed by atoms with van der Waals surface area (Å²) in [6, 6.07) is -0.759. The maximum absolute atomic E-state index is 13.0. The van der Waals surface area contributed by atoms with E-state index >= 15 is 0 Å². The first-order valence-corrected chi connectivity index (χ1v) is 32.3. The van der Waals surface area contributed by atoms with Crippen molar-refractivity contribution < 1.29 is 32.9 Å². The number of phosphoric ester groups is 1. The molecule has 0 heterocycles. The van der Waals surface area contributed by atoms with E-state index in [1.54, 1.807) is 0 Å². The van der Waals surface area contributed by atoms with Crippen molar-refractivity contribution in [3.8, 4) is 0 Å².